The average Bonchev–Trinajstić information content (AvgIpc) is 2.46. The summed E-state index contributed by atoms with van der Waals surface area (Å²) in [5.74, 6) is 0. The molecule has 1 aromatic carbocycles. The number of nitrogens with two attached hydrogens (primary N) is 1. The van der Waals surface area contributed by atoms with Crippen molar-refractivity contribution in [2.45, 2.75) is 19.4 Å². The molecule has 0 radical (unpaired) electrons. The van der Waals surface area contributed by atoms with Gasteiger partial charge in [-0.25, -0.2) is 0 Å². The van der Waals surface area contributed by atoms with Crippen LogP contribution in [-0.2, 0) is 6.42 Å². The van der Waals surface area contributed by atoms with Crippen LogP contribution in [0.1, 0.15) is 22.9 Å². The minimum Gasteiger partial charge on any atom is -0.323 e. The highest BCUT2D eigenvalue weighted by Crippen LogP contribution is 2.15. The van der Waals surface area contributed by atoms with Crippen LogP contribution in [0.25, 0.3) is 0 Å². The molecule has 0 aliphatic rings. The molecule has 1 atom stereocenters. The second kappa shape index (κ2) is 7.17. The summed E-state index contributed by atoms with van der Waals surface area (Å²) in [6.07, 6.45) is 2.80. The Bertz CT molecular complexity index is 525. The molecular weight excluding hydrogens is 246 g/mol. The van der Waals surface area contributed by atoms with E-state index in [1.807, 2.05) is 18.3 Å². The van der Waals surface area contributed by atoms with Crippen LogP contribution in [0.4, 0.5) is 0 Å². The van der Waals surface area contributed by atoms with Gasteiger partial charge in [0.2, 0.25) is 0 Å². The van der Waals surface area contributed by atoms with E-state index in [1.54, 1.807) is 0 Å². The standard InChI is InChI=1S/C17H23N3/c1-14-7-3-4-9-16(14)17(18)13-20(2)12-10-15-8-5-6-11-19-15/h3-9,11,17H,10,12-13,18H2,1-2H3. The zero-order valence-corrected chi connectivity index (χ0v) is 12.3. The third-order valence-corrected chi connectivity index (χ3v) is 3.57. The molecule has 0 spiro atoms. The van der Waals surface area contributed by atoms with Crippen molar-refractivity contribution < 1.29 is 0 Å². The zero-order valence-electron chi connectivity index (χ0n) is 12.3. The lowest BCUT2D eigenvalue weighted by Gasteiger charge is -2.22. The van der Waals surface area contributed by atoms with E-state index in [-0.39, 0.29) is 6.04 Å². The van der Waals surface area contributed by atoms with Gasteiger partial charge in [-0.2, -0.15) is 0 Å². The molecule has 1 unspecified atom stereocenters. The van der Waals surface area contributed by atoms with Gasteiger partial charge in [0, 0.05) is 37.4 Å². The Morgan fingerprint density at radius 1 is 1.15 bits per heavy atom. The number of nitrogens with zero attached hydrogens (tertiary/aromatic N) is 2. The number of hydrogen-bond donors (Lipinski definition) is 1. The molecule has 0 aliphatic carbocycles. The molecule has 3 nitrogen and oxygen atoms in total. The third-order valence-electron chi connectivity index (χ3n) is 3.57. The monoisotopic (exact) mass is 269 g/mol. The maximum atomic E-state index is 6.31. The summed E-state index contributed by atoms with van der Waals surface area (Å²) in [6.45, 7) is 3.94. The van der Waals surface area contributed by atoms with Crippen LogP contribution in [0.15, 0.2) is 48.7 Å². The van der Waals surface area contributed by atoms with E-state index in [0.717, 1.165) is 25.2 Å². The van der Waals surface area contributed by atoms with Crippen molar-refractivity contribution in [2.24, 2.45) is 5.73 Å². The summed E-state index contributed by atoms with van der Waals surface area (Å²) in [7, 11) is 2.11. The first-order valence-corrected chi connectivity index (χ1v) is 7.06. The van der Waals surface area contributed by atoms with Crippen molar-refractivity contribution >= 4 is 0 Å². The largest absolute Gasteiger partial charge is 0.323 e. The smallest absolute Gasteiger partial charge is 0.0426 e. The van der Waals surface area contributed by atoms with Gasteiger partial charge in [0.15, 0.2) is 0 Å². The van der Waals surface area contributed by atoms with E-state index >= 15 is 0 Å². The van der Waals surface area contributed by atoms with E-state index in [2.05, 4.69) is 54.2 Å². The summed E-state index contributed by atoms with van der Waals surface area (Å²) in [6, 6.07) is 14.4. The molecule has 2 N–H and O–H groups in total. The van der Waals surface area contributed by atoms with Crippen molar-refractivity contribution in [3.05, 3.63) is 65.5 Å². The molecule has 0 saturated heterocycles. The predicted molar refractivity (Wildman–Crippen MR) is 83.5 cm³/mol. The van der Waals surface area contributed by atoms with Crippen molar-refractivity contribution in [3.63, 3.8) is 0 Å². The Kier molecular flexibility index (Phi) is 5.27. The van der Waals surface area contributed by atoms with Gasteiger partial charge in [0.25, 0.3) is 0 Å². The van der Waals surface area contributed by atoms with Crippen LogP contribution >= 0.6 is 0 Å². The normalized spacial score (nSPS) is 12.6. The first kappa shape index (κ1) is 14.7. The van der Waals surface area contributed by atoms with Crippen molar-refractivity contribution in [2.75, 3.05) is 20.1 Å². The molecule has 0 fully saturated rings. The van der Waals surface area contributed by atoms with E-state index in [1.165, 1.54) is 11.1 Å². The van der Waals surface area contributed by atoms with Crippen molar-refractivity contribution in [3.8, 4) is 0 Å². The van der Waals surface area contributed by atoms with E-state index in [4.69, 9.17) is 5.73 Å². The number of likely N-dealkylation sites (N-methyl/N-ethyl adjacent to an activating group) is 1. The van der Waals surface area contributed by atoms with Gasteiger partial charge >= 0.3 is 0 Å². The molecule has 0 amide bonds. The van der Waals surface area contributed by atoms with Gasteiger partial charge in [-0.15, -0.1) is 0 Å². The van der Waals surface area contributed by atoms with Crippen LogP contribution in [0.3, 0.4) is 0 Å². The van der Waals surface area contributed by atoms with E-state index in [0.29, 0.717) is 0 Å². The molecule has 1 heterocycles. The fraction of sp³-hybridized carbons (Fsp3) is 0.353. The highest BCUT2D eigenvalue weighted by molar-refractivity contribution is 5.28. The first-order chi connectivity index (χ1) is 9.66. The summed E-state index contributed by atoms with van der Waals surface area (Å²) >= 11 is 0. The second-order valence-electron chi connectivity index (χ2n) is 5.30. The molecule has 0 saturated carbocycles. The van der Waals surface area contributed by atoms with Gasteiger partial charge in [0.1, 0.15) is 0 Å². The lowest BCUT2D eigenvalue weighted by Crippen LogP contribution is -2.31. The number of hydrogen-bond acceptors (Lipinski definition) is 3. The summed E-state index contributed by atoms with van der Waals surface area (Å²) < 4.78 is 0. The van der Waals surface area contributed by atoms with Crippen LogP contribution in [0, 0.1) is 6.92 Å². The van der Waals surface area contributed by atoms with Crippen molar-refractivity contribution in [1.82, 2.24) is 9.88 Å². The molecule has 106 valence electrons. The highest BCUT2D eigenvalue weighted by Gasteiger charge is 2.11. The first-order valence-electron chi connectivity index (χ1n) is 7.06. The van der Waals surface area contributed by atoms with E-state index in [9.17, 15) is 0 Å². The molecular formula is C17H23N3. The van der Waals surface area contributed by atoms with Crippen LogP contribution < -0.4 is 5.73 Å². The Labute approximate surface area is 121 Å². The Morgan fingerprint density at radius 3 is 2.60 bits per heavy atom. The summed E-state index contributed by atoms with van der Waals surface area (Å²) in [5, 5.41) is 0. The lowest BCUT2D eigenvalue weighted by atomic mass is 10.0. The zero-order chi connectivity index (χ0) is 14.4. The topological polar surface area (TPSA) is 42.1 Å². The van der Waals surface area contributed by atoms with Gasteiger partial charge in [-0.05, 0) is 37.2 Å². The van der Waals surface area contributed by atoms with Crippen molar-refractivity contribution in [1.29, 1.82) is 0 Å². The maximum Gasteiger partial charge on any atom is 0.0426 e. The second-order valence-corrected chi connectivity index (χ2v) is 5.30. The molecule has 0 aliphatic heterocycles. The summed E-state index contributed by atoms with van der Waals surface area (Å²) in [5.41, 5.74) is 9.93. The lowest BCUT2D eigenvalue weighted by molar-refractivity contribution is 0.315. The molecule has 0 bridgehead atoms. The maximum absolute atomic E-state index is 6.31. The fourth-order valence-corrected chi connectivity index (χ4v) is 2.38. The van der Waals surface area contributed by atoms with Gasteiger partial charge in [-0.1, -0.05) is 30.3 Å². The van der Waals surface area contributed by atoms with E-state index < -0.39 is 0 Å². The Morgan fingerprint density at radius 2 is 1.90 bits per heavy atom. The molecule has 1 aromatic heterocycles. The number of pyridine rings is 1. The number of benzene rings is 1. The quantitative estimate of drug-likeness (QED) is 0.876. The third kappa shape index (κ3) is 4.15. The van der Waals surface area contributed by atoms with Gasteiger partial charge < -0.3 is 10.6 Å². The van der Waals surface area contributed by atoms with Gasteiger partial charge in [-0.3, -0.25) is 4.98 Å². The number of rotatable bonds is 6. The number of aromatic nitrogens is 1. The van der Waals surface area contributed by atoms with Crippen LogP contribution in [0.2, 0.25) is 0 Å². The Hall–Kier alpha value is -1.71. The van der Waals surface area contributed by atoms with Crippen LogP contribution in [0.5, 0.6) is 0 Å². The molecule has 2 aromatic rings. The van der Waals surface area contributed by atoms with Gasteiger partial charge in [0.05, 0.1) is 0 Å². The molecule has 20 heavy (non-hydrogen) atoms. The number of aryl methyl sites for hydroxylation is 1. The van der Waals surface area contributed by atoms with Crippen LogP contribution in [-0.4, -0.2) is 30.0 Å². The summed E-state index contributed by atoms with van der Waals surface area (Å²) in [4.78, 5) is 6.61. The minimum absolute atomic E-state index is 0.0601. The Balaban J connectivity index is 1.85. The average molecular weight is 269 g/mol. The molecule has 2 rings (SSSR count). The highest BCUT2D eigenvalue weighted by atomic mass is 15.1. The minimum atomic E-state index is 0.0601. The molecule has 3 heteroatoms. The fourth-order valence-electron chi connectivity index (χ4n) is 2.38. The predicted octanol–water partition coefficient (Wildman–Crippen LogP) is 2.56. The SMILES string of the molecule is Cc1ccccc1C(N)CN(C)CCc1ccccn1.